The van der Waals surface area contributed by atoms with Gasteiger partial charge in [0.05, 0.1) is 27.9 Å². The molecule has 0 bridgehead atoms. The molecule has 0 unspecified atom stereocenters. The highest BCUT2D eigenvalue weighted by Gasteiger charge is 2.68. The first kappa shape index (κ1) is 16.8. The van der Waals surface area contributed by atoms with Gasteiger partial charge in [-0.15, -0.1) is 0 Å². The summed E-state index contributed by atoms with van der Waals surface area (Å²) in [5.74, 6) is 0.256. The second-order valence-corrected chi connectivity index (χ2v) is 22.9. The predicted molar refractivity (Wildman–Crippen MR) is 93.3 cm³/mol. The van der Waals surface area contributed by atoms with Crippen molar-refractivity contribution in [1.29, 1.82) is 0 Å². The van der Waals surface area contributed by atoms with E-state index < -0.39 is 28.7 Å². The molecule has 0 aromatic rings. The Morgan fingerprint density at radius 2 is 1.60 bits per heavy atom. The highest BCUT2D eigenvalue weighted by molar-refractivity contribution is 7.91. The Balaban J connectivity index is 2.55. The van der Waals surface area contributed by atoms with E-state index in [1.807, 2.05) is 0 Å². The van der Waals surface area contributed by atoms with Crippen LogP contribution in [0.15, 0.2) is 10.2 Å². The van der Waals surface area contributed by atoms with Crippen LogP contribution in [0.1, 0.15) is 25.7 Å². The molecule has 1 saturated carbocycles. The fraction of sp³-hybridized carbons (Fsp3) is 0.923. The van der Waals surface area contributed by atoms with Crippen molar-refractivity contribution in [3.8, 4) is 0 Å². The first-order valence-corrected chi connectivity index (χ1v) is 16.7. The van der Waals surface area contributed by atoms with Gasteiger partial charge in [0.2, 0.25) is 0 Å². The van der Waals surface area contributed by atoms with Crippen molar-refractivity contribution in [3.05, 3.63) is 0 Å². The summed E-state index contributed by atoms with van der Waals surface area (Å²) in [6.45, 7) is 14.0. The second-order valence-electron chi connectivity index (χ2n) is 8.10. The van der Waals surface area contributed by atoms with E-state index in [0.717, 1.165) is 19.3 Å². The van der Waals surface area contributed by atoms with Crippen molar-refractivity contribution >= 4 is 40.4 Å². The third-order valence-corrected chi connectivity index (χ3v) is 23.2. The SMILES string of the molecule is C[Si](C)(C)C1([Si](C)(C)C)N=N[C@]2(CCCCC2=O)[P@]1Cl. The van der Waals surface area contributed by atoms with E-state index in [2.05, 4.69) is 44.4 Å². The van der Waals surface area contributed by atoms with Crippen LogP contribution < -0.4 is 0 Å². The minimum atomic E-state index is -1.67. The van der Waals surface area contributed by atoms with Crippen LogP contribution in [0.2, 0.25) is 39.3 Å². The Bertz CT molecular complexity index is 444. The summed E-state index contributed by atoms with van der Waals surface area (Å²) >= 11 is 7.06. The van der Waals surface area contributed by atoms with Gasteiger partial charge in [0.25, 0.3) is 0 Å². The number of carbonyl (C=O) groups excluding carboxylic acids is 1. The molecule has 0 N–H and O–H groups in total. The lowest BCUT2D eigenvalue weighted by molar-refractivity contribution is -0.122. The van der Waals surface area contributed by atoms with Crippen molar-refractivity contribution in [2.75, 3.05) is 0 Å². The Kier molecular flexibility index (Phi) is 4.17. The van der Waals surface area contributed by atoms with E-state index in [9.17, 15) is 4.79 Å². The average Bonchev–Trinajstić information content (AvgIpc) is 2.58. The molecule has 3 nitrogen and oxygen atoms in total. The topological polar surface area (TPSA) is 41.8 Å². The first-order chi connectivity index (χ1) is 8.99. The first-order valence-electron chi connectivity index (χ1n) is 7.42. The number of ketones is 1. The van der Waals surface area contributed by atoms with E-state index in [1.54, 1.807) is 0 Å². The molecule has 114 valence electrons. The molecule has 0 aromatic carbocycles. The van der Waals surface area contributed by atoms with Crippen molar-refractivity contribution < 1.29 is 4.79 Å². The number of carbonyl (C=O) groups is 1. The molecule has 20 heavy (non-hydrogen) atoms. The van der Waals surface area contributed by atoms with E-state index in [4.69, 9.17) is 16.4 Å². The van der Waals surface area contributed by atoms with Gasteiger partial charge in [-0.3, -0.25) is 4.79 Å². The summed E-state index contributed by atoms with van der Waals surface area (Å²) in [5.41, 5.74) is 0. The maximum atomic E-state index is 12.6. The smallest absolute Gasteiger partial charge is 0.174 e. The van der Waals surface area contributed by atoms with Gasteiger partial charge in [0.1, 0.15) is 0 Å². The Morgan fingerprint density at radius 3 is 2.00 bits per heavy atom. The number of Topliss-reactive ketones (excluding diaryl/α,β-unsaturated/α-hetero) is 1. The Morgan fingerprint density at radius 1 is 1.05 bits per heavy atom. The van der Waals surface area contributed by atoms with Crippen LogP contribution in [-0.4, -0.2) is 31.7 Å². The molecule has 0 saturated heterocycles. The van der Waals surface area contributed by atoms with Crippen molar-refractivity contribution in [2.45, 2.75) is 74.8 Å². The monoisotopic (exact) mass is 348 g/mol. The Hall–Kier alpha value is 0.424. The zero-order chi connectivity index (χ0) is 15.4. The second kappa shape index (κ2) is 4.97. The molecule has 1 heterocycles. The molecule has 2 aliphatic rings. The summed E-state index contributed by atoms with van der Waals surface area (Å²) in [7, 11) is -4.35. The van der Waals surface area contributed by atoms with Gasteiger partial charge >= 0.3 is 0 Å². The lowest BCUT2D eigenvalue weighted by Crippen LogP contribution is -2.63. The molecule has 0 amide bonds. The number of hydrogen-bond acceptors (Lipinski definition) is 3. The summed E-state index contributed by atoms with van der Waals surface area (Å²) < 4.78 is -0.177. The number of rotatable bonds is 2. The van der Waals surface area contributed by atoms with Gasteiger partial charge in [0.15, 0.2) is 11.1 Å². The van der Waals surface area contributed by atoms with Crippen LogP contribution in [0.3, 0.4) is 0 Å². The minimum absolute atomic E-state index is 0.177. The third-order valence-electron chi connectivity index (χ3n) is 4.69. The van der Waals surface area contributed by atoms with Gasteiger partial charge in [-0.2, -0.15) is 10.2 Å². The molecular weight excluding hydrogens is 323 g/mol. The molecule has 0 aromatic heterocycles. The van der Waals surface area contributed by atoms with Crippen LogP contribution in [-0.2, 0) is 4.79 Å². The predicted octanol–water partition coefficient (Wildman–Crippen LogP) is 5.38. The lowest BCUT2D eigenvalue weighted by atomic mass is 9.94. The summed E-state index contributed by atoms with van der Waals surface area (Å²) in [4.78, 5) is 12.6. The zero-order valence-electron chi connectivity index (χ0n) is 13.5. The fourth-order valence-electron chi connectivity index (χ4n) is 3.83. The molecule has 2 atom stereocenters. The molecule has 1 aliphatic carbocycles. The summed E-state index contributed by atoms with van der Waals surface area (Å²) in [6, 6.07) is 0. The van der Waals surface area contributed by atoms with Crippen molar-refractivity contribution in [3.63, 3.8) is 0 Å². The summed E-state index contributed by atoms with van der Waals surface area (Å²) in [6.07, 6.45) is 3.51. The molecule has 1 aliphatic heterocycles. The van der Waals surface area contributed by atoms with E-state index in [-0.39, 0.29) is 10.3 Å². The normalized spacial score (nSPS) is 34.0. The molecule has 2 rings (SSSR count). The quantitative estimate of drug-likeness (QED) is 0.488. The number of nitrogens with zero attached hydrogens (tertiary/aromatic N) is 2. The number of azo groups is 1. The highest BCUT2D eigenvalue weighted by Crippen LogP contribution is 2.75. The number of halogens is 1. The number of hydrogen-bond donors (Lipinski definition) is 0. The van der Waals surface area contributed by atoms with Gasteiger partial charge in [-0.05, 0) is 19.3 Å². The van der Waals surface area contributed by atoms with Crippen LogP contribution in [0, 0.1) is 0 Å². The maximum absolute atomic E-state index is 12.6. The van der Waals surface area contributed by atoms with Gasteiger partial charge in [0, 0.05) is 6.42 Å². The van der Waals surface area contributed by atoms with Crippen molar-refractivity contribution in [2.24, 2.45) is 10.2 Å². The Labute approximate surface area is 130 Å². The van der Waals surface area contributed by atoms with E-state index in [1.165, 1.54) is 0 Å². The van der Waals surface area contributed by atoms with Crippen LogP contribution in [0.25, 0.3) is 0 Å². The third kappa shape index (κ3) is 2.12. The molecule has 0 radical (unpaired) electrons. The molecular formula is C13H26ClN2OPSi2. The van der Waals surface area contributed by atoms with Crippen LogP contribution in [0.4, 0.5) is 0 Å². The zero-order valence-corrected chi connectivity index (χ0v) is 17.1. The molecule has 1 spiro atoms. The average molecular weight is 349 g/mol. The standard InChI is InChI=1S/C13H26ClN2OPSi2/c1-19(2,3)13(20(4,5)6)16-15-12(18(13)14)10-8-7-9-11(12)17/h7-10H2,1-6H3/t12-,18+/m1/s1. The van der Waals surface area contributed by atoms with Crippen molar-refractivity contribution in [1.82, 2.24) is 0 Å². The van der Waals surface area contributed by atoms with Gasteiger partial charge < -0.3 is 0 Å². The van der Waals surface area contributed by atoms with Crippen LogP contribution >= 0.6 is 18.5 Å². The maximum Gasteiger partial charge on any atom is 0.174 e. The van der Waals surface area contributed by atoms with E-state index >= 15 is 0 Å². The lowest BCUT2D eigenvalue weighted by Gasteiger charge is -2.50. The van der Waals surface area contributed by atoms with E-state index in [0.29, 0.717) is 6.42 Å². The molecule has 7 heteroatoms. The van der Waals surface area contributed by atoms with Gasteiger partial charge in [-0.1, -0.05) is 50.5 Å². The molecule has 1 fully saturated rings. The fourth-order valence-corrected chi connectivity index (χ4v) is 26.1. The highest BCUT2D eigenvalue weighted by atomic mass is 35.7. The minimum Gasteiger partial charge on any atom is -0.296 e. The summed E-state index contributed by atoms with van der Waals surface area (Å²) in [5, 5.41) is 8.82. The van der Waals surface area contributed by atoms with Crippen LogP contribution in [0.5, 0.6) is 0 Å². The van der Waals surface area contributed by atoms with Gasteiger partial charge in [-0.25, -0.2) is 0 Å². The largest absolute Gasteiger partial charge is 0.296 e.